The predicted molar refractivity (Wildman–Crippen MR) is 86.3 cm³/mol. The van der Waals surface area contributed by atoms with E-state index in [9.17, 15) is 4.79 Å². The molecule has 1 aromatic carbocycles. The number of carbonyl (C=O) groups excluding carboxylic acids is 1. The number of nitrogens with one attached hydrogen (secondary N) is 2. The Balaban J connectivity index is 1.77. The molecule has 0 aliphatic carbocycles. The normalized spacial score (nSPS) is 11.0. The van der Waals surface area contributed by atoms with Crippen molar-refractivity contribution in [2.24, 2.45) is 5.73 Å². The van der Waals surface area contributed by atoms with E-state index >= 15 is 0 Å². The number of hydrogen-bond acceptors (Lipinski definition) is 4. The highest BCUT2D eigenvalue weighted by Crippen LogP contribution is 2.24. The Labute approximate surface area is 135 Å². The number of H-pyrrole nitrogens is 1. The number of amides is 1. The molecule has 1 amide bonds. The first-order valence-corrected chi connectivity index (χ1v) is 7.57. The SMILES string of the molecule is Cc1cc(Br)cc2cc(CNC(=O)c3conc3CN)[nH]c12. The fourth-order valence-electron chi connectivity index (χ4n) is 2.40. The van der Waals surface area contributed by atoms with Crippen molar-refractivity contribution in [3.05, 3.63) is 51.4 Å². The van der Waals surface area contributed by atoms with Gasteiger partial charge < -0.3 is 20.6 Å². The molecule has 0 fully saturated rings. The van der Waals surface area contributed by atoms with E-state index in [1.54, 1.807) is 0 Å². The average Bonchev–Trinajstić information content (AvgIpc) is 3.10. The van der Waals surface area contributed by atoms with Gasteiger partial charge in [0, 0.05) is 27.6 Å². The smallest absolute Gasteiger partial charge is 0.256 e. The maximum absolute atomic E-state index is 12.1. The van der Waals surface area contributed by atoms with Crippen LogP contribution in [0.3, 0.4) is 0 Å². The molecule has 22 heavy (non-hydrogen) atoms. The Bertz CT molecular complexity index is 837. The van der Waals surface area contributed by atoms with Gasteiger partial charge in [0.25, 0.3) is 5.91 Å². The van der Waals surface area contributed by atoms with Gasteiger partial charge in [-0.3, -0.25) is 4.79 Å². The molecule has 0 aliphatic rings. The van der Waals surface area contributed by atoms with Crippen molar-refractivity contribution in [1.82, 2.24) is 15.5 Å². The summed E-state index contributed by atoms with van der Waals surface area (Å²) < 4.78 is 5.81. The standard InChI is InChI=1S/C15H15BrN4O2/c1-8-2-10(16)3-9-4-11(19-14(8)9)6-18-15(21)12-7-22-20-13(12)5-17/h2-4,7,19H,5-6,17H2,1H3,(H,18,21). The van der Waals surface area contributed by atoms with Gasteiger partial charge in [-0.1, -0.05) is 21.1 Å². The number of hydrogen-bond donors (Lipinski definition) is 3. The van der Waals surface area contributed by atoms with Crippen LogP contribution >= 0.6 is 15.9 Å². The van der Waals surface area contributed by atoms with Gasteiger partial charge in [-0.15, -0.1) is 0 Å². The first-order chi connectivity index (χ1) is 10.6. The molecule has 0 atom stereocenters. The molecule has 0 spiro atoms. The Morgan fingerprint density at radius 3 is 3.05 bits per heavy atom. The highest BCUT2D eigenvalue weighted by atomic mass is 79.9. The van der Waals surface area contributed by atoms with E-state index in [1.165, 1.54) is 6.26 Å². The molecule has 114 valence electrons. The number of aryl methyl sites for hydroxylation is 1. The van der Waals surface area contributed by atoms with E-state index in [2.05, 4.69) is 31.4 Å². The molecule has 0 radical (unpaired) electrons. The molecule has 3 aromatic rings. The van der Waals surface area contributed by atoms with Gasteiger partial charge in [0.15, 0.2) is 0 Å². The summed E-state index contributed by atoms with van der Waals surface area (Å²) in [7, 11) is 0. The van der Waals surface area contributed by atoms with E-state index in [0.29, 0.717) is 17.8 Å². The number of aromatic nitrogens is 2. The van der Waals surface area contributed by atoms with Crippen LogP contribution < -0.4 is 11.1 Å². The predicted octanol–water partition coefficient (Wildman–Crippen LogP) is 2.62. The van der Waals surface area contributed by atoms with Crippen LogP contribution in [0.25, 0.3) is 10.9 Å². The molecule has 7 heteroatoms. The fraction of sp³-hybridized carbons (Fsp3) is 0.200. The van der Waals surface area contributed by atoms with Crippen LogP contribution in [0, 0.1) is 6.92 Å². The second-order valence-corrected chi connectivity index (χ2v) is 5.96. The van der Waals surface area contributed by atoms with E-state index < -0.39 is 0 Å². The Morgan fingerprint density at radius 1 is 1.45 bits per heavy atom. The molecule has 0 unspecified atom stereocenters. The lowest BCUT2D eigenvalue weighted by Gasteiger charge is -2.02. The van der Waals surface area contributed by atoms with Gasteiger partial charge in [-0.2, -0.15) is 0 Å². The van der Waals surface area contributed by atoms with Crippen LogP contribution in [-0.2, 0) is 13.1 Å². The molecular weight excluding hydrogens is 348 g/mol. The van der Waals surface area contributed by atoms with Crippen LogP contribution in [0.1, 0.15) is 27.3 Å². The molecule has 0 saturated heterocycles. The van der Waals surface area contributed by atoms with E-state index in [-0.39, 0.29) is 12.5 Å². The lowest BCUT2D eigenvalue weighted by molar-refractivity contribution is 0.0949. The van der Waals surface area contributed by atoms with E-state index in [0.717, 1.165) is 26.6 Å². The summed E-state index contributed by atoms with van der Waals surface area (Å²) in [6, 6.07) is 6.10. The summed E-state index contributed by atoms with van der Waals surface area (Å²) in [4.78, 5) is 15.4. The number of nitrogens with zero attached hydrogens (tertiary/aromatic N) is 1. The summed E-state index contributed by atoms with van der Waals surface area (Å²) in [5.74, 6) is -0.252. The number of rotatable bonds is 4. The first-order valence-electron chi connectivity index (χ1n) is 6.77. The average molecular weight is 363 g/mol. The minimum atomic E-state index is -0.252. The van der Waals surface area contributed by atoms with Crippen LogP contribution in [0.5, 0.6) is 0 Å². The van der Waals surface area contributed by atoms with Gasteiger partial charge in [0.05, 0.1) is 6.54 Å². The lowest BCUT2D eigenvalue weighted by Crippen LogP contribution is -2.24. The minimum Gasteiger partial charge on any atom is -0.364 e. The molecule has 2 heterocycles. The molecule has 6 nitrogen and oxygen atoms in total. The molecular formula is C15H15BrN4O2. The third-order valence-electron chi connectivity index (χ3n) is 3.47. The maximum atomic E-state index is 12.1. The summed E-state index contributed by atoms with van der Waals surface area (Å²) >= 11 is 3.48. The van der Waals surface area contributed by atoms with Crippen LogP contribution in [0.2, 0.25) is 0 Å². The Hall–Kier alpha value is -2.12. The van der Waals surface area contributed by atoms with Crippen molar-refractivity contribution in [2.45, 2.75) is 20.0 Å². The van der Waals surface area contributed by atoms with Crippen molar-refractivity contribution in [1.29, 1.82) is 0 Å². The van der Waals surface area contributed by atoms with Gasteiger partial charge in [0.2, 0.25) is 0 Å². The Morgan fingerprint density at radius 2 is 2.27 bits per heavy atom. The molecule has 0 bridgehead atoms. The summed E-state index contributed by atoms with van der Waals surface area (Å²) in [6.45, 7) is 2.59. The van der Waals surface area contributed by atoms with Gasteiger partial charge >= 0.3 is 0 Å². The molecule has 0 saturated carbocycles. The number of halogens is 1. The highest BCUT2D eigenvalue weighted by molar-refractivity contribution is 9.10. The van der Waals surface area contributed by atoms with Crippen molar-refractivity contribution in [3.63, 3.8) is 0 Å². The largest absolute Gasteiger partial charge is 0.364 e. The van der Waals surface area contributed by atoms with Gasteiger partial charge in [-0.05, 0) is 30.7 Å². The van der Waals surface area contributed by atoms with Crippen molar-refractivity contribution >= 4 is 32.7 Å². The third-order valence-corrected chi connectivity index (χ3v) is 3.93. The van der Waals surface area contributed by atoms with Crippen LogP contribution in [-0.4, -0.2) is 16.0 Å². The Kier molecular flexibility index (Phi) is 4.00. The molecule has 4 N–H and O–H groups in total. The summed E-state index contributed by atoms with van der Waals surface area (Å²) in [5.41, 5.74) is 9.47. The second-order valence-electron chi connectivity index (χ2n) is 5.04. The van der Waals surface area contributed by atoms with Crippen LogP contribution in [0.15, 0.2) is 33.5 Å². The molecule has 0 aliphatic heterocycles. The quantitative estimate of drug-likeness (QED) is 0.664. The lowest BCUT2D eigenvalue weighted by atomic mass is 10.2. The first kappa shape index (κ1) is 14.8. The third kappa shape index (κ3) is 2.77. The molecule has 2 aromatic heterocycles. The summed E-state index contributed by atoms with van der Waals surface area (Å²) in [5, 5.41) is 7.63. The zero-order valence-electron chi connectivity index (χ0n) is 11.9. The minimum absolute atomic E-state index is 0.166. The number of carbonyl (C=O) groups is 1. The second kappa shape index (κ2) is 5.94. The number of aromatic amines is 1. The molecule has 3 rings (SSSR count). The van der Waals surface area contributed by atoms with Crippen molar-refractivity contribution in [3.8, 4) is 0 Å². The van der Waals surface area contributed by atoms with Gasteiger partial charge in [-0.25, -0.2) is 0 Å². The number of fused-ring (bicyclic) bond motifs is 1. The van der Waals surface area contributed by atoms with Gasteiger partial charge in [0.1, 0.15) is 17.5 Å². The van der Waals surface area contributed by atoms with Crippen LogP contribution in [0.4, 0.5) is 0 Å². The number of nitrogens with two attached hydrogens (primary N) is 1. The van der Waals surface area contributed by atoms with Crippen molar-refractivity contribution < 1.29 is 9.32 Å². The maximum Gasteiger partial charge on any atom is 0.256 e. The van der Waals surface area contributed by atoms with Crippen molar-refractivity contribution in [2.75, 3.05) is 0 Å². The van der Waals surface area contributed by atoms with E-state index in [1.807, 2.05) is 25.1 Å². The summed E-state index contributed by atoms with van der Waals surface area (Å²) in [6.07, 6.45) is 1.31. The topological polar surface area (TPSA) is 96.9 Å². The monoisotopic (exact) mass is 362 g/mol. The van der Waals surface area contributed by atoms with E-state index in [4.69, 9.17) is 10.3 Å². The fourth-order valence-corrected chi connectivity index (χ4v) is 2.99. The highest BCUT2D eigenvalue weighted by Gasteiger charge is 2.14. The zero-order chi connectivity index (χ0) is 15.7. The number of benzene rings is 1. The zero-order valence-corrected chi connectivity index (χ0v) is 13.5.